The number of carbonyl (C=O) groups excluding carboxylic acids is 2. The predicted molar refractivity (Wildman–Crippen MR) is 93.9 cm³/mol. The van der Waals surface area contributed by atoms with Gasteiger partial charge in [0.15, 0.2) is 0 Å². The fraction of sp³-hybridized carbons (Fsp3) is 0.556. The summed E-state index contributed by atoms with van der Waals surface area (Å²) in [5.41, 5.74) is 0.815. The zero-order chi connectivity index (χ0) is 17.6. The first kappa shape index (κ1) is 17.5. The molecule has 7 nitrogen and oxygen atoms in total. The number of hydrogen-bond donors (Lipinski definition) is 1. The van der Waals surface area contributed by atoms with Gasteiger partial charge in [-0.05, 0) is 44.0 Å². The zero-order valence-corrected chi connectivity index (χ0v) is 14.6. The third-order valence-corrected chi connectivity index (χ3v) is 4.44. The van der Waals surface area contributed by atoms with Crippen LogP contribution in [0.1, 0.15) is 19.8 Å². The van der Waals surface area contributed by atoms with Gasteiger partial charge >= 0.3 is 6.03 Å². The minimum absolute atomic E-state index is 0.0824. The lowest BCUT2D eigenvalue weighted by atomic mass is 10.2. The van der Waals surface area contributed by atoms with E-state index in [1.54, 1.807) is 9.80 Å². The van der Waals surface area contributed by atoms with Crippen molar-refractivity contribution in [2.24, 2.45) is 0 Å². The van der Waals surface area contributed by atoms with Crippen molar-refractivity contribution in [1.29, 1.82) is 0 Å². The maximum Gasteiger partial charge on any atom is 0.325 e. The lowest BCUT2D eigenvalue weighted by molar-refractivity contribution is -0.122. The zero-order valence-electron chi connectivity index (χ0n) is 14.6. The highest BCUT2D eigenvalue weighted by atomic mass is 16.5. The molecule has 0 spiro atoms. The van der Waals surface area contributed by atoms with Gasteiger partial charge in [0.25, 0.3) is 0 Å². The average molecular weight is 347 g/mol. The molecule has 0 aliphatic carbocycles. The normalized spacial score (nSPS) is 20.2. The van der Waals surface area contributed by atoms with Crippen molar-refractivity contribution in [3.63, 3.8) is 0 Å². The van der Waals surface area contributed by atoms with E-state index in [9.17, 15) is 9.59 Å². The van der Waals surface area contributed by atoms with Gasteiger partial charge in [-0.3, -0.25) is 9.69 Å². The van der Waals surface area contributed by atoms with Crippen LogP contribution in [0, 0.1) is 0 Å². The number of hydrogen-bond acceptors (Lipinski definition) is 4. The Morgan fingerprint density at radius 2 is 2.12 bits per heavy atom. The van der Waals surface area contributed by atoms with Crippen LogP contribution in [0.3, 0.4) is 0 Å². The summed E-state index contributed by atoms with van der Waals surface area (Å²) < 4.78 is 10.9. The van der Waals surface area contributed by atoms with Crippen molar-refractivity contribution in [1.82, 2.24) is 10.2 Å². The number of carbonyl (C=O) groups is 2. The van der Waals surface area contributed by atoms with Gasteiger partial charge in [0.2, 0.25) is 5.91 Å². The van der Waals surface area contributed by atoms with Crippen LogP contribution in [0.2, 0.25) is 0 Å². The van der Waals surface area contributed by atoms with E-state index in [-0.39, 0.29) is 24.6 Å². The van der Waals surface area contributed by atoms with E-state index in [1.807, 2.05) is 31.2 Å². The van der Waals surface area contributed by atoms with Crippen molar-refractivity contribution >= 4 is 17.6 Å². The van der Waals surface area contributed by atoms with Crippen LogP contribution >= 0.6 is 0 Å². The molecule has 3 rings (SSSR count). The molecule has 0 aromatic heterocycles. The lowest BCUT2D eigenvalue weighted by Gasteiger charge is -2.19. The van der Waals surface area contributed by atoms with Crippen LogP contribution in [-0.2, 0) is 9.53 Å². The molecule has 2 aliphatic rings. The molecular weight excluding hydrogens is 322 g/mol. The number of nitrogens with zero attached hydrogens (tertiary/aromatic N) is 2. The second-order valence-electron chi connectivity index (χ2n) is 6.22. The quantitative estimate of drug-likeness (QED) is 0.814. The van der Waals surface area contributed by atoms with Crippen LogP contribution in [0.4, 0.5) is 10.5 Å². The van der Waals surface area contributed by atoms with E-state index in [1.165, 1.54) is 0 Å². The van der Waals surface area contributed by atoms with E-state index in [2.05, 4.69) is 5.32 Å². The van der Waals surface area contributed by atoms with Gasteiger partial charge in [0, 0.05) is 31.9 Å². The number of amides is 3. The topological polar surface area (TPSA) is 71.1 Å². The molecule has 1 unspecified atom stereocenters. The molecular formula is C18H25N3O4. The monoisotopic (exact) mass is 347 g/mol. The third-order valence-electron chi connectivity index (χ3n) is 4.44. The maximum atomic E-state index is 12.5. The maximum absolute atomic E-state index is 12.5. The molecule has 0 bridgehead atoms. The molecule has 2 fully saturated rings. The van der Waals surface area contributed by atoms with Gasteiger partial charge in [-0.25, -0.2) is 4.79 Å². The van der Waals surface area contributed by atoms with Crippen LogP contribution in [-0.4, -0.2) is 62.3 Å². The highest BCUT2D eigenvalue weighted by Crippen LogP contribution is 2.23. The van der Waals surface area contributed by atoms with E-state index in [0.29, 0.717) is 26.2 Å². The summed E-state index contributed by atoms with van der Waals surface area (Å²) in [5, 5.41) is 2.86. The Labute approximate surface area is 147 Å². The molecule has 1 aromatic rings. The van der Waals surface area contributed by atoms with E-state index in [0.717, 1.165) is 30.9 Å². The number of nitrogens with one attached hydrogen (secondary N) is 1. The molecule has 25 heavy (non-hydrogen) atoms. The Bertz CT molecular complexity index is 599. The first-order valence-electron chi connectivity index (χ1n) is 8.85. The smallest absolute Gasteiger partial charge is 0.325 e. The first-order chi connectivity index (χ1) is 12.2. The summed E-state index contributed by atoms with van der Waals surface area (Å²) >= 11 is 0. The van der Waals surface area contributed by atoms with E-state index in [4.69, 9.17) is 9.47 Å². The van der Waals surface area contributed by atoms with Crippen molar-refractivity contribution in [3.05, 3.63) is 24.3 Å². The number of ether oxygens (including phenoxy) is 2. The molecule has 0 radical (unpaired) electrons. The lowest BCUT2D eigenvalue weighted by Crippen LogP contribution is -2.42. The Hall–Kier alpha value is -2.28. The number of anilines is 1. The highest BCUT2D eigenvalue weighted by Gasteiger charge is 2.31. The van der Waals surface area contributed by atoms with Crippen LogP contribution in [0.15, 0.2) is 24.3 Å². The summed E-state index contributed by atoms with van der Waals surface area (Å²) in [6, 6.07) is 7.29. The Morgan fingerprint density at radius 1 is 1.32 bits per heavy atom. The Balaban J connectivity index is 1.49. The molecule has 7 heteroatoms. The Kier molecular flexibility index (Phi) is 5.75. The number of rotatable bonds is 7. The molecule has 0 saturated carbocycles. The van der Waals surface area contributed by atoms with Crippen molar-refractivity contribution in [2.45, 2.75) is 25.9 Å². The summed E-state index contributed by atoms with van der Waals surface area (Å²) in [5.74, 6) is 0.639. The average Bonchev–Trinajstić information content (AvgIpc) is 3.25. The van der Waals surface area contributed by atoms with Crippen LogP contribution in [0.5, 0.6) is 5.75 Å². The predicted octanol–water partition coefficient (Wildman–Crippen LogP) is 1.62. The largest absolute Gasteiger partial charge is 0.494 e. The van der Waals surface area contributed by atoms with E-state index < -0.39 is 0 Å². The summed E-state index contributed by atoms with van der Waals surface area (Å²) in [4.78, 5) is 27.8. The van der Waals surface area contributed by atoms with Crippen molar-refractivity contribution < 1.29 is 19.1 Å². The van der Waals surface area contributed by atoms with Gasteiger partial charge in [-0.1, -0.05) is 0 Å². The highest BCUT2D eigenvalue weighted by molar-refractivity contribution is 5.96. The van der Waals surface area contributed by atoms with Gasteiger partial charge in [0.1, 0.15) is 12.3 Å². The molecule has 1 aromatic carbocycles. The van der Waals surface area contributed by atoms with Crippen molar-refractivity contribution in [3.8, 4) is 5.75 Å². The Morgan fingerprint density at radius 3 is 2.80 bits per heavy atom. The molecule has 1 atom stereocenters. The summed E-state index contributed by atoms with van der Waals surface area (Å²) in [6.45, 7) is 5.02. The summed E-state index contributed by atoms with van der Waals surface area (Å²) in [7, 11) is 0. The fourth-order valence-corrected chi connectivity index (χ4v) is 3.12. The first-order valence-corrected chi connectivity index (χ1v) is 8.85. The van der Waals surface area contributed by atoms with Crippen molar-refractivity contribution in [2.75, 3.05) is 44.3 Å². The standard InChI is InChI=1S/C18H25N3O4/c1-2-24-15-7-5-14(6-8-15)21-10-9-20(18(21)23)13-17(22)19-12-16-4-3-11-25-16/h5-8,16H,2-4,9-13H2,1H3,(H,19,22). The van der Waals surface area contributed by atoms with Crippen LogP contribution < -0.4 is 15.0 Å². The second-order valence-corrected chi connectivity index (χ2v) is 6.22. The molecule has 3 amide bonds. The minimum atomic E-state index is -0.142. The molecule has 2 saturated heterocycles. The molecule has 2 heterocycles. The van der Waals surface area contributed by atoms with Gasteiger partial charge < -0.3 is 19.7 Å². The summed E-state index contributed by atoms with van der Waals surface area (Å²) in [6.07, 6.45) is 2.13. The fourth-order valence-electron chi connectivity index (χ4n) is 3.12. The van der Waals surface area contributed by atoms with Crippen LogP contribution in [0.25, 0.3) is 0 Å². The molecule has 2 aliphatic heterocycles. The number of benzene rings is 1. The third kappa shape index (κ3) is 4.42. The minimum Gasteiger partial charge on any atom is -0.494 e. The van der Waals surface area contributed by atoms with Gasteiger partial charge in [-0.15, -0.1) is 0 Å². The van der Waals surface area contributed by atoms with Gasteiger partial charge in [0.05, 0.1) is 12.7 Å². The second kappa shape index (κ2) is 8.20. The van der Waals surface area contributed by atoms with E-state index >= 15 is 0 Å². The number of urea groups is 1. The molecule has 136 valence electrons. The molecule has 1 N–H and O–H groups in total. The SMILES string of the molecule is CCOc1ccc(N2CCN(CC(=O)NCC3CCCO3)C2=O)cc1. The van der Waals surface area contributed by atoms with Gasteiger partial charge in [-0.2, -0.15) is 0 Å².